The fourth-order valence-corrected chi connectivity index (χ4v) is 2.45. The summed E-state index contributed by atoms with van der Waals surface area (Å²) in [5.74, 6) is 1.66. The Balaban J connectivity index is 2.14. The lowest BCUT2D eigenvalue weighted by Gasteiger charge is -2.35. The van der Waals surface area contributed by atoms with Crippen LogP contribution < -0.4 is 5.32 Å². The highest BCUT2D eigenvalue weighted by atomic mass is 14.9. The van der Waals surface area contributed by atoms with Crippen LogP contribution in [0.1, 0.15) is 19.3 Å². The Morgan fingerprint density at radius 2 is 2.17 bits per heavy atom. The van der Waals surface area contributed by atoms with Gasteiger partial charge in [0.2, 0.25) is 0 Å². The van der Waals surface area contributed by atoms with E-state index in [9.17, 15) is 0 Å². The molecule has 12 heavy (non-hydrogen) atoms. The van der Waals surface area contributed by atoms with E-state index in [1.54, 1.807) is 0 Å². The average molecular weight is 163 g/mol. The minimum absolute atomic E-state index is 0.619. The summed E-state index contributed by atoms with van der Waals surface area (Å²) >= 11 is 0. The first-order valence-electron chi connectivity index (χ1n) is 4.92. The van der Waals surface area contributed by atoms with Crippen LogP contribution in [0.5, 0.6) is 0 Å². The Hall–Kier alpha value is -0.560. The molecule has 0 fully saturated rings. The molecule has 0 amide bonds. The molecule has 1 heteroatoms. The van der Waals surface area contributed by atoms with E-state index < -0.39 is 0 Å². The molecule has 3 atom stereocenters. The summed E-state index contributed by atoms with van der Waals surface area (Å²) < 4.78 is 0. The van der Waals surface area contributed by atoms with Gasteiger partial charge in [0.05, 0.1) is 0 Å². The van der Waals surface area contributed by atoms with E-state index in [1.165, 1.54) is 19.3 Å². The van der Waals surface area contributed by atoms with Crippen molar-refractivity contribution in [2.24, 2.45) is 11.8 Å². The summed E-state index contributed by atoms with van der Waals surface area (Å²) in [5, 5.41) is 3.38. The molecule has 0 radical (unpaired) electrons. The van der Waals surface area contributed by atoms with Crippen LogP contribution >= 0.6 is 0 Å². The summed E-state index contributed by atoms with van der Waals surface area (Å²) in [7, 11) is 2.07. The van der Waals surface area contributed by atoms with Gasteiger partial charge in [-0.15, -0.1) is 0 Å². The number of nitrogens with one attached hydrogen (secondary N) is 1. The number of rotatable bonds is 1. The van der Waals surface area contributed by atoms with Gasteiger partial charge in [-0.3, -0.25) is 0 Å². The lowest BCUT2D eigenvalue weighted by Crippen LogP contribution is -2.38. The zero-order valence-electron chi connectivity index (χ0n) is 7.66. The summed E-state index contributed by atoms with van der Waals surface area (Å²) in [5.41, 5.74) is 0. The molecule has 3 unspecified atom stereocenters. The van der Waals surface area contributed by atoms with Gasteiger partial charge in [0.1, 0.15) is 0 Å². The smallest absolute Gasteiger partial charge is 0.0281 e. The molecular weight excluding hydrogens is 146 g/mol. The number of fused-ring (bicyclic) bond motifs is 1. The first-order chi connectivity index (χ1) is 5.92. The van der Waals surface area contributed by atoms with Gasteiger partial charge in [-0.25, -0.2) is 0 Å². The first kappa shape index (κ1) is 8.06. The molecule has 0 aromatic carbocycles. The molecule has 0 spiro atoms. The SMILES string of the molecule is CNC1C=CCC2C=CCCC21. The number of likely N-dealkylation sites (N-methyl/N-ethyl adjacent to an activating group) is 1. The molecule has 2 aliphatic rings. The van der Waals surface area contributed by atoms with Gasteiger partial charge in [0.25, 0.3) is 0 Å². The lowest BCUT2D eigenvalue weighted by molar-refractivity contribution is 0.290. The van der Waals surface area contributed by atoms with Crippen molar-refractivity contribution < 1.29 is 0 Å². The van der Waals surface area contributed by atoms with Crippen molar-refractivity contribution in [2.45, 2.75) is 25.3 Å². The number of allylic oxidation sites excluding steroid dienone is 3. The summed E-state index contributed by atoms with van der Waals surface area (Å²) in [4.78, 5) is 0. The summed E-state index contributed by atoms with van der Waals surface area (Å²) in [6, 6.07) is 0.619. The van der Waals surface area contributed by atoms with E-state index >= 15 is 0 Å². The van der Waals surface area contributed by atoms with Crippen molar-refractivity contribution in [3.63, 3.8) is 0 Å². The highest BCUT2D eigenvalue weighted by molar-refractivity contribution is 5.11. The third-order valence-corrected chi connectivity index (χ3v) is 3.15. The fourth-order valence-electron chi connectivity index (χ4n) is 2.45. The average Bonchev–Trinajstić information content (AvgIpc) is 2.17. The Kier molecular flexibility index (Phi) is 2.31. The molecule has 0 bridgehead atoms. The fraction of sp³-hybridized carbons (Fsp3) is 0.636. The van der Waals surface area contributed by atoms with E-state index in [4.69, 9.17) is 0 Å². The van der Waals surface area contributed by atoms with Crippen LogP contribution in [0.4, 0.5) is 0 Å². The van der Waals surface area contributed by atoms with E-state index in [2.05, 4.69) is 36.7 Å². The van der Waals surface area contributed by atoms with Gasteiger partial charge in [-0.2, -0.15) is 0 Å². The van der Waals surface area contributed by atoms with Gasteiger partial charge in [-0.05, 0) is 38.1 Å². The third kappa shape index (κ3) is 1.34. The highest BCUT2D eigenvalue weighted by Crippen LogP contribution is 2.33. The quantitative estimate of drug-likeness (QED) is 0.584. The van der Waals surface area contributed by atoms with Crippen LogP contribution in [0.25, 0.3) is 0 Å². The maximum Gasteiger partial charge on any atom is 0.0281 e. The molecule has 0 aliphatic heterocycles. The van der Waals surface area contributed by atoms with E-state index in [-0.39, 0.29) is 0 Å². The summed E-state index contributed by atoms with van der Waals surface area (Å²) in [6.07, 6.45) is 13.3. The standard InChI is InChI=1S/C11H17N/c1-12-11-8-4-6-9-5-2-3-7-10(9)11/h2,4-5,8-12H,3,6-7H2,1H3. The lowest BCUT2D eigenvalue weighted by atomic mass is 9.74. The second-order valence-electron chi connectivity index (χ2n) is 3.81. The minimum atomic E-state index is 0.619. The van der Waals surface area contributed by atoms with Crippen LogP contribution in [0, 0.1) is 11.8 Å². The van der Waals surface area contributed by atoms with E-state index in [0.717, 1.165) is 11.8 Å². The zero-order chi connectivity index (χ0) is 8.39. The molecule has 0 aromatic heterocycles. The molecule has 66 valence electrons. The van der Waals surface area contributed by atoms with Gasteiger partial charge >= 0.3 is 0 Å². The van der Waals surface area contributed by atoms with Crippen molar-refractivity contribution in [1.82, 2.24) is 5.32 Å². The molecule has 1 nitrogen and oxygen atoms in total. The minimum Gasteiger partial charge on any atom is -0.313 e. The van der Waals surface area contributed by atoms with Crippen molar-refractivity contribution >= 4 is 0 Å². The predicted octanol–water partition coefficient (Wildman–Crippen LogP) is 2.12. The van der Waals surface area contributed by atoms with Crippen molar-refractivity contribution in [3.8, 4) is 0 Å². The van der Waals surface area contributed by atoms with Gasteiger partial charge in [0, 0.05) is 6.04 Å². The maximum absolute atomic E-state index is 3.38. The van der Waals surface area contributed by atoms with E-state index in [0.29, 0.717) is 6.04 Å². The normalized spacial score (nSPS) is 39.6. The molecule has 0 saturated heterocycles. The van der Waals surface area contributed by atoms with E-state index in [1.807, 2.05) is 0 Å². The Bertz CT molecular complexity index is 205. The third-order valence-electron chi connectivity index (χ3n) is 3.15. The number of hydrogen-bond acceptors (Lipinski definition) is 1. The molecule has 0 aromatic rings. The molecule has 0 heterocycles. The van der Waals surface area contributed by atoms with Gasteiger partial charge in [-0.1, -0.05) is 24.3 Å². The van der Waals surface area contributed by atoms with Crippen LogP contribution in [0.15, 0.2) is 24.3 Å². The predicted molar refractivity (Wildman–Crippen MR) is 52.0 cm³/mol. The monoisotopic (exact) mass is 163 g/mol. The Labute approximate surface area is 74.5 Å². The van der Waals surface area contributed by atoms with Gasteiger partial charge < -0.3 is 5.32 Å². The second-order valence-corrected chi connectivity index (χ2v) is 3.81. The second kappa shape index (κ2) is 3.44. The molecule has 2 aliphatic carbocycles. The first-order valence-corrected chi connectivity index (χ1v) is 4.92. The number of hydrogen-bond donors (Lipinski definition) is 1. The van der Waals surface area contributed by atoms with Crippen LogP contribution in [-0.4, -0.2) is 13.1 Å². The van der Waals surface area contributed by atoms with Crippen molar-refractivity contribution in [3.05, 3.63) is 24.3 Å². The van der Waals surface area contributed by atoms with Crippen LogP contribution in [-0.2, 0) is 0 Å². The summed E-state index contributed by atoms with van der Waals surface area (Å²) in [6.45, 7) is 0. The van der Waals surface area contributed by atoms with Crippen LogP contribution in [0.3, 0.4) is 0 Å². The van der Waals surface area contributed by atoms with Crippen molar-refractivity contribution in [2.75, 3.05) is 7.05 Å². The molecule has 1 N–H and O–H groups in total. The van der Waals surface area contributed by atoms with Crippen LogP contribution in [0.2, 0.25) is 0 Å². The zero-order valence-corrected chi connectivity index (χ0v) is 7.66. The topological polar surface area (TPSA) is 12.0 Å². The molecule has 2 rings (SSSR count). The molecule has 0 saturated carbocycles. The molecular formula is C11H17N. The van der Waals surface area contributed by atoms with Gasteiger partial charge in [0.15, 0.2) is 0 Å². The van der Waals surface area contributed by atoms with Crippen molar-refractivity contribution in [1.29, 1.82) is 0 Å². The largest absolute Gasteiger partial charge is 0.313 e. The Morgan fingerprint density at radius 1 is 1.25 bits per heavy atom. The maximum atomic E-state index is 3.38. The highest BCUT2D eigenvalue weighted by Gasteiger charge is 2.28. The Morgan fingerprint density at radius 3 is 3.00 bits per heavy atom.